The van der Waals surface area contributed by atoms with Crippen molar-refractivity contribution in [2.75, 3.05) is 6.54 Å². The molecule has 0 fully saturated rings. The number of carboxylic acids is 1. The zero-order valence-corrected chi connectivity index (χ0v) is 29.2. The van der Waals surface area contributed by atoms with Gasteiger partial charge in [-0.1, -0.05) is 54.9 Å². The molecule has 8 nitrogen and oxygen atoms in total. The number of fused-ring (bicyclic) bond motifs is 1. The number of nitriles is 1. The quantitative estimate of drug-likeness (QED) is 0.0874. The van der Waals surface area contributed by atoms with Gasteiger partial charge in [0.15, 0.2) is 0 Å². The van der Waals surface area contributed by atoms with E-state index in [-0.39, 0.29) is 24.9 Å². The summed E-state index contributed by atoms with van der Waals surface area (Å²) in [7, 11) is 0. The maximum Gasteiger partial charge on any atom is 0.320 e. The van der Waals surface area contributed by atoms with Crippen molar-refractivity contribution in [2.24, 2.45) is 5.73 Å². The van der Waals surface area contributed by atoms with Crippen LogP contribution in [0.25, 0.3) is 11.1 Å². The first-order valence-corrected chi connectivity index (χ1v) is 17.4. The van der Waals surface area contributed by atoms with Gasteiger partial charge in [-0.3, -0.25) is 9.78 Å². The van der Waals surface area contributed by atoms with Gasteiger partial charge in [-0.05, 0) is 103 Å². The predicted molar refractivity (Wildman–Crippen MR) is 194 cm³/mol. The van der Waals surface area contributed by atoms with Gasteiger partial charge in [0.25, 0.3) is 0 Å². The van der Waals surface area contributed by atoms with Crippen LogP contribution in [0.4, 0.5) is 4.39 Å². The second kappa shape index (κ2) is 17.1. The lowest BCUT2D eigenvalue weighted by Crippen LogP contribution is -2.37. The van der Waals surface area contributed by atoms with Crippen LogP contribution in [0.1, 0.15) is 78.8 Å². The van der Waals surface area contributed by atoms with Crippen LogP contribution in [0.3, 0.4) is 0 Å². The Morgan fingerprint density at radius 2 is 1.96 bits per heavy atom. The van der Waals surface area contributed by atoms with Crippen LogP contribution in [0, 0.1) is 17.1 Å². The van der Waals surface area contributed by atoms with Gasteiger partial charge < -0.3 is 26.2 Å². The average molecular weight is 696 g/mol. The molecule has 1 aliphatic rings. The summed E-state index contributed by atoms with van der Waals surface area (Å²) in [6, 6.07) is 19.8. The minimum Gasteiger partial charge on any atom is -0.489 e. The van der Waals surface area contributed by atoms with Crippen LogP contribution in [0.15, 0.2) is 84.5 Å². The molecule has 50 heavy (non-hydrogen) atoms. The van der Waals surface area contributed by atoms with E-state index in [1.165, 1.54) is 17.8 Å². The molecule has 5 N–H and O–H groups in total. The number of ether oxygens (including phenoxy) is 1. The number of carbonyl (C=O) groups is 1. The maximum absolute atomic E-state index is 14.8. The van der Waals surface area contributed by atoms with Gasteiger partial charge in [0.05, 0.1) is 11.4 Å². The van der Waals surface area contributed by atoms with Gasteiger partial charge in [0.2, 0.25) is 0 Å². The summed E-state index contributed by atoms with van der Waals surface area (Å²) in [5.74, 6) is 0.192. The highest BCUT2D eigenvalue weighted by molar-refractivity contribution is 6.31. The smallest absolute Gasteiger partial charge is 0.320 e. The molecule has 0 saturated heterocycles. The van der Waals surface area contributed by atoms with Crippen molar-refractivity contribution in [1.82, 2.24) is 15.6 Å². The Morgan fingerprint density at radius 1 is 1.16 bits per heavy atom. The number of hydrogen-bond acceptors (Lipinski definition) is 7. The van der Waals surface area contributed by atoms with E-state index in [2.05, 4.69) is 27.8 Å². The van der Waals surface area contributed by atoms with Crippen molar-refractivity contribution in [1.29, 1.82) is 5.26 Å². The fourth-order valence-corrected chi connectivity index (χ4v) is 6.68. The molecular weight excluding hydrogens is 653 g/mol. The molecule has 2 atom stereocenters. The molecular formula is C40H43ClFN5O3. The number of carboxylic acid groups (broad SMARTS) is 1. The summed E-state index contributed by atoms with van der Waals surface area (Å²) in [4.78, 5) is 16.3. The standard InChI is InChI=1S/C40H43ClFN5O3/c1-3-25(2)39(44)46-15-7-12-37(40(48)49)47-23-30-18-35(41)29(19-38(30)50-24-27-16-26(20-43)21-45-22-27)17-28-13-14-33-31(28)9-6-10-32(33)34-8-4-5-11-36(34)42/h4-6,8-11,16,18-19,21-22,28,37,46-47H,3,7,12-15,17,23-24,44H2,1-2H3,(H,48,49)/t28-,37-/m1/s1. The van der Waals surface area contributed by atoms with Crippen molar-refractivity contribution in [3.8, 4) is 22.9 Å². The predicted octanol–water partition coefficient (Wildman–Crippen LogP) is 7.78. The Hall–Kier alpha value is -4.91. The minimum atomic E-state index is -0.947. The molecule has 5 rings (SSSR count). The van der Waals surface area contributed by atoms with E-state index in [0.717, 1.165) is 47.1 Å². The molecule has 10 heteroatoms. The lowest BCUT2D eigenvalue weighted by Gasteiger charge is -2.20. The number of allylic oxidation sites excluding steroid dienone is 1. The molecule has 1 heterocycles. The Morgan fingerprint density at radius 3 is 2.72 bits per heavy atom. The van der Waals surface area contributed by atoms with Crippen molar-refractivity contribution >= 4 is 17.6 Å². The Balaban J connectivity index is 1.36. The van der Waals surface area contributed by atoms with E-state index in [0.29, 0.717) is 59.1 Å². The molecule has 0 spiro atoms. The van der Waals surface area contributed by atoms with Crippen LogP contribution in [-0.4, -0.2) is 28.6 Å². The van der Waals surface area contributed by atoms with E-state index in [9.17, 15) is 19.6 Å². The third kappa shape index (κ3) is 9.00. The number of hydrogen-bond donors (Lipinski definition) is 4. The molecule has 3 aromatic carbocycles. The van der Waals surface area contributed by atoms with E-state index in [1.54, 1.807) is 18.3 Å². The van der Waals surface area contributed by atoms with Crippen LogP contribution >= 0.6 is 11.6 Å². The molecule has 260 valence electrons. The first-order chi connectivity index (χ1) is 24.2. The van der Waals surface area contributed by atoms with Crippen LogP contribution in [0.2, 0.25) is 5.02 Å². The first kappa shape index (κ1) is 36.4. The molecule has 0 radical (unpaired) electrons. The topological polar surface area (TPSA) is 133 Å². The normalized spacial score (nSPS) is 14.7. The third-order valence-electron chi connectivity index (χ3n) is 9.39. The van der Waals surface area contributed by atoms with Crippen LogP contribution < -0.4 is 21.1 Å². The van der Waals surface area contributed by atoms with E-state index >= 15 is 0 Å². The fourth-order valence-electron chi connectivity index (χ4n) is 6.42. The minimum absolute atomic E-state index is 0.162. The van der Waals surface area contributed by atoms with Gasteiger partial charge in [-0.15, -0.1) is 0 Å². The summed E-state index contributed by atoms with van der Waals surface area (Å²) in [5, 5.41) is 26.2. The lowest BCUT2D eigenvalue weighted by molar-refractivity contribution is -0.139. The molecule has 1 aliphatic carbocycles. The summed E-state index contributed by atoms with van der Waals surface area (Å²) in [6.07, 6.45) is 7.38. The molecule has 0 aliphatic heterocycles. The highest BCUT2D eigenvalue weighted by Gasteiger charge is 2.27. The summed E-state index contributed by atoms with van der Waals surface area (Å²) >= 11 is 6.94. The SMILES string of the molecule is CCC(C)=C(N)NCCC[C@@H](NCc1cc(Cl)c(C[C@H]2CCc3c(-c4ccccc4F)cccc32)cc1OCc1cncc(C#N)c1)C(=O)O. The summed E-state index contributed by atoms with van der Waals surface area (Å²) in [5.41, 5.74) is 13.8. The lowest BCUT2D eigenvalue weighted by atomic mass is 9.90. The van der Waals surface area contributed by atoms with Crippen molar-refractivity contribution in [2.45, 2.75) is 77.5 Å². The number of rotatable bonds is 16. The zero-order chi connectivity index (χ0) is 35.6. The Kier molecular flexibility index (Phi) is 12.5. The zero-order valence-electron chi connectivity index (χ0n) is 28.4. The summed E-state index contributed by atoms with van der Waals surface area (Å²) in [6.45, 7) is 4.93. The number of benzene rings is 3. The number of nitrogens with two attached hydrogens (primary N) is 1. The molecule has 0 saturated carbocycles. The number of pyridine rings is 1. The number of aliphatic carboxylic acids is 1. The fraction of sp³-hybridized carbons (Fsp3) is 0.325. The monoisotopic (exact) mass is 695 g/mol. The second-order valence-corrected chi connectivity index (χ2v) is 13.1. The number of nitrogens with one attached hydrogen (secondary N) is 2. The Labute approximate surface area is 298 Å². The van der Waals surface area contributed by atoms with Crippen LogP contribution in [0.5, 0.6) is 5.75 Å². The maximum atomic E-state index is 14.8. The highest BCUT2D eigenvalue weighted by Crippen LogP contribution is 2.42. The van der Waals surface area contributed by atoms with Gasteiger partial charge >= 0.3 is 5.97 Å². The Bertz CT molecular complexity index is 1910. The first-order valence-electron chi connectivity index (χ1n) is 17.0. The number of halogens is 2. The van der Waals surface area contributed by atoms with E-state index in [4.69, 9.17) is 22.1 Å². The summed E-state index contributed by atoms with van der Waals surface area (Å²) < 4.78 is 21.1. The van der Waals surface area contributed by atoms with Crippen molar-refractivity contribution in [3.63, 3.8) is 0 Å². The molecule has 0 amide bonds. The van der Waals surface area contributed by atoms with Gasteiger partial charge in [-0.2, -0.15) is 5.26 Å². The van der Waals surface area contributed by atoms with E-state index in [1.807, 2.05) is 50.2 Å². The third-order valence-corrected chi connectivity index (χ3v) is 9.74. The largest absolute Gasteiger partial charge is 0.489 e. The van der Waals surface area contributed by atoms with Gasteiger partial charge in [0, 0.05) is 47.2 Å². The van der Waals surface area contributed by atoms with Crippen LogP contribution in [-0.2, 0) is 30.8 Å². The highest BCUT2D eigenvalue weighted by atomic mass is 35.5. The second-order valence-electron chi connectivity index (χ2n) is 12.7. The van der Waals surface area contributed by atoms with Crippen molar-refractivity contribution < 1.29 is 19.0 Å². The molecule has 0 unspecified atom stereocenters. The molecule has 4 aromatic rings. The average Bonchev–Trinajstić information content (AvgIpc) is 3.54. The molecule has 0 bridgehead atoms. The van der Waals surface area contributed by atoms with Gasteiger partial charge in [0.1, 0.15) is 30.3 Å². The van der Waals surface area contributed by atoms with Gasteiger partial charge in [-0.25, -0.2) is 4.39 Å². The number of aromatic nitrogens is 1. The molecule has 1 aromatic heterocycles. The van der Waals surface area contributed by atoms with Crippen molar-refractivity contribution in [3.05, 3.63) is 129 Å². The number of nitrogens with zero attached hydrogens (tertiary/aromatic N) is 2. The van der Waals surface area contributed by atoms with E-state index < -0.39 is 12.0 Å².